The molecule has 0 unspecified atom stereocenters. The molecular weight excluding hydrogens is 526 g/mol. The average Bonchev–Trinajstić information content (AvgIpc) is 2.94. The van der Waals surface area contributed by atoms with Crippen LogP contribution in [-0.2, 0) is 32.6 Å². The van der Waals surface area contributed by atoms with Crippen molar-refractivity contribution >= 4 is 27.5 Å². The molecule has 1 N–H and O–H groups in total. The molecule has 9 heteroatoms. The summed E-state index contributed by atoms with van der Waals surface area (Å²) in [5, 5.41) is 2.93. The standard InChI is InChI=1S/C31H39N3O5S/c1-7-25-13-11-12-16-28(25)34(40(37,38)27-14-9-8-10-15-27)22-29(35)33(23(2)30(36)32-31(3,4)5)21-24-17-19-26(39-6)20-18-24/h8-20,23H,7,21-22H2,1-6H3,(H,32,36)/t23-/m0/s1. The summed E-state index contributed by atoms with van der Waals surface area (Å²) in [5.41, 5.74) is 1.48. The summed E-state index contributed by atoms with van der Waals surface area (Å²) in [6, 6.07) is 21.5. The fraction of sp³-hybridized carbons (Fsp3) is 0.355. The molecule has 40 heavy (non-hydrogen) atoms. The second-order valence-corrected chi connectivity index (χ2v) is 12.5. The van der Waals surface area contributed by atoms with E-state index in [4.69, 9.17) is 4.74 Å². The molecule has 3 aromatic rings. The van der Waals surface area contributed by atoms with Crippen LogP contribution in [0.1, 0.15) is 45.7 Å². The lowest BCUT2D eigenvalue weighted by molar-refractivity contribution is -0.140. The first-order valence-electron chi connectivity index (χ1n) is 13.3. The summed E-state index contributed by atoms with van der Waals surface area (Å²) >= 11 is 0. The summed E-state index contributed by atoms with van der Waals surface area (Å²) in [6.07, 6.45) is 0.575. The van der Waals surface area contributed by atoms with Gasteiger partial charge in [0.15, 0.2) is 0 Å². The maximum atomic E-state index is 14.1. The number of methoxy groups -OCH3 is 1. The zero-order valence-corrected chi connectivity index (χ0v) is 24.9. The highest BCUT2D eigenvalue weighted by molar-refractivity contribution is 7.92. The van der Waals surface area contributed by atoms with Crippen molar-refractivity contribution < 1.29 is 22.7 Å². The fourth-order valence-corrected chi connectivity index (χ4v) is 5.74. The number of rotatable bonds is 11. The highest BCUT2D eigenvalue weighted by Gasteiger charge is 2.34. The number of ether oxygens (including phenoxy) is 1. The van der Waals surface area contributed by atoms with Gasteiger partial charge >= 0.3 is 0 Å². The summed E-state index contributed by atoms with van der Waals surface area (Å²) in [6.45, 7) is 8.81. The van der Waals surface area contributed by atoms with Crippen LogP contribution in [0.25, 0.3) is 0 Å². The minimum Gasteiger partial charge on any atom is -0.497 e. The van der Waals surface area contributed by atoms with Gasteiger partial charge in [-0.25, -0.2) is 8.42 Å². The molecule has 0 bridgehead atoms. The maximum Gasteiger partial charge on any atom is 0.264 e. The van der Waals surface area contributed by atoms with E-state index in [0.29, 0.717) is 17.9 Å². The molecule has 0 saturated carbocycles. The number of hydrogen-bond acceptors (Lipinski definition) is 5. The van der Waals surface area contributed by atoms with E-state index in [0.717, 1.165) is 15.4 Å². The monoisotopic (exact) mass is 565 g/mol. The maximum absolute atomic E-state index is 14.1. The van der Waals surface area contributed by atoms with Crippen LogP contribution in [0.4, 0.5) is 5.69 Å². The Hall–Kier alpha value is -3.85. The highest BCUT2D eigenvalue weighted by atomic mass is 32.2. The van der Waals surface area contributed by atoms with Crippen molar-refractivity contribution in [3.8, 4) is 5.75 Å². The predicted octanol–water partition coefficient (Wildman–Crippen LogP) is 4.78. The lowest BCUT2D eigenvalue weighted by Crippen LogP contribution is -2.54. The van der Waals surface area contributed by atoms with Gasteiger partial charge in [-0.3, -0.25) is 13.9 Å². The van der Waals surface area contributed by atoms with E-state index >= 15 is 0 Å². The molecule has 214 valence electrons. The highest BCUT2D eigenvalue weighted by Crippen LogP contribution is 2.28. The van der Waals surface area contributed by atoms with E-state index in [1.165, 1.54) is 17.0 Å². The number of carbonyl (C=O) groups excluding carboxylic acids is 2. The number of carbonyl (C=O) groups is 2. The Bertz CT molecular complexity index is 1400. The molecule has 3 rings (SSSR count). The van der Waals surface area contributed by atoms with Gasteiger partial charge in [0.1, 0.15) is 18.3 Å². The van der Waals surface area contributed by atoms with Gasteiger partial charge in [0.25, 0.3) is 10.0 Å². The predicted molar refractivity (Wildman–Crippen MR) is 158 cm³/mol. The van der Waals surface area contributed by atoms with Crippen LogP contribution < -0.4 is 14.4 Å². The minimum atomic E-state index is -4.10. The summed E-state index contributed by atoms with van der Waals surface area (Å²) in [7, 11) is -2.53. The topological polar surface area (TPSA) is 96.0 Å². The van der Waals surface area contributed by atoms with E-state index in [2.05, 4.69) is 5.32 Å². The first-order chi connectivity index (χ1) is 18.9. The van der Waals surface area contributed by atoms with Crippen molar-refractivity contribution in [2.45, 2.75) is 64.1 Å². The molecule has 0 heterocycles. The normalized spacial score (nSPS) is 12.3. The van der Waals surface area contributed by atoms with Crippen LogP contribution in [0.2, 0.25) is 0 Å². The van der Waals surface area contributed by atoms with Gasteiger partial charge in [0.2, 0.25) is 11.8 Å². The molecule has 3 aromatic carbocycles. The lowest BCUT2D eigenvalue weighted by atomic mass is 10.1. The zero-order chi connectivity index (χ0) is 29.5. The second kappa shape index (κ2) is 13.0. The molecule has 0 fully saturated rings. The molecule has 8 nitrogen and oxygen atoms in total. The van der Waals surface area contributed by atoms with Gasteiger partial charge in [-0.15, -0.1) is 0 Å². The smallest absolute Gasteiger partial charge is 0.264 e. The molecule has 0 spiro atoms. The van der Waals surface area contributed by atoms with Gasteiger partial charge in [-0.05, 0) is 75.6 Å². The third-order valence-corrected chi connectivity index (χ3v) is 8.20. The van der Waals surface area contributed by atoms with Gasteiger partial charge < -0.3 is 15.0 Å². The Morgan fingerprint density at radius 1 is 0.925 bits per heavy atom. The Labute approximate surface area is 238 Å². The van der Waals surface area contributed by atoms with Crippen molar-refractivity contribution in [3.05, 3.63) is 90.0 Å². The van der Waals surface area contributed by atoms with E-state index in [-0.39, 0.29) is 17.3 Å². The van der Waals surface area contributed by atoms with Crippen LogP contribution in [0.5, 0.6) is 5.75 Å². The summed E-state index contributed by atoms with van der Waals surface area (Å²) < 4.78 is 34.3. The Morgan fingerprint density at radius 3 is 2.10 bits per heavy atom. The number of nitrogens with one attached hydrogen (secondary N) is 1. The van der Waals surface area contributed by atoms with E-state index in [1.807, 2.05) is 52.0 Å². The number of para-hydroxylation sites is 1. The zero-order valence-electron chi connectivity index (χ0n) is 24.0. The number of amides is 2. The third-order valence-electron chi connectivity index (χ3n) is 6.43. The minimum absolute atomic E-state index is 0.0777. The number of aryl methyl sites for hydroxylation is 1. The van der Waals surface area contributed by atoms with Crippen LogP contribution in [0, 0.1) is 0 Å². The van der Waals surface area contributed by atoms with E-state index in [1.54, 1.807) is 56.5 Å². The first-order valence-corrected chi connectivity index (χ1v) is 14.7. The summed E-state index contributed by atoms with van der Waals surface area (Å²) in [5.74, 6) is -0.171. The number of hydrogen-bond donors (Lipinski definition) is 1. The van der Waals surface area contributed by atoms with Crippen molar-refractivity contribution in [3.63, 3.8) is 0 Å². The van der Waals surface area contributed by atoms with Crippen molar-refractivity contribution in [1.82, 2.24) is 10.2 Å². The van der Waals surface area contributed by atoms with Crippen molar-refractivity contribution in [2.24, 2.45) is 0 Å². The van der Waals surface area contributed by atoms with Gasteiger partial charge in [-0.1, -0.05) is 55.5 Å². The van der Waals surface area contributed by atoms with Gasteiger partial charge in [0, 0.05) is 12.1 Å². The Morgan fingerprint density at radius 2 is 1.52 bits per heavy atom. The SMILES string of the molecule is CCc1ccccc1N(CC(=O)N(Cc1ccc(OC)cc1)[C@@H](C)C(=O)NC(C)(C)C)S(=O)(=O)c1ccccc1. The van der Waals surface area contributed by atoms with Crippen LogP contribution >= 0.6 is 0 Å². The Kier molecular flexibility index (Phi) is 9.98. The van der Waals surface area contributed by atoms with Gasteiger partial charge in [0.05, 0.1) is 17.7 Å². The lowest BCUT2D eigenvalue weighted by Gasteiger charge is -2.34. The number of anilines is 1. The molecule has 0 radical (unpaired) electrons. The van der Waals surface area contributed by atoms with Crippen LogP contribution in [-0.4, -0.2) is 50.4 Å². The molecule has 0 aliphatic carbocycles. The van der Waals surface area contributed by atoms with Crippen molar-refractivity contribution in [1.29, 1.82) is 0 Å². The number of sulfonamides is 1. The third kappa shape index (κ3) is 7.63. The molecule has 0 aliphatic heterocycles. The molecule has 0 aromatic heterocycles. The van der Waals surface area contributed by atoms with Crippen LogP contribution in [0.3, 0.4) is 0 Å². The molecule has 0 aliphatic rings. The quantitative estimate of drug-likeness (QED) is 0.361. The largest absolute Gasteiger partial charge is 0.497 e. The first kappa shape index (κ1) is 30.7. The van der Waals surface area contributed by atoms with Crippen molar-refractivity contribution in [2.75, 3.05) is 18.0 Å². The molecule has 2 amide bonds. The number of nitrogens with zero attached hydrogens (tertiary/aromatic N) is 2. The van der Waals surface area contributed by atoms with E-state index in [9.17, 15) is 18.0 Å². The summed E-state index contributed by atoms with van der Waals surface area (Å²) in [4.78, 5) is 28.8. The molecule has 0 saturated heterocycles. The van der Waals surface area contributed by atoms with E-state index < -0.39 is 34.1 Å². The fourth-order valence-electron chi connectivity index (χ4n) is 4.27. The van der Waals surface area contributed by atoms with Gasteiger partial charge in [-0.2, -0.15) is 0 Å². The average molecular weight is 566 g/mol. The number of benzene rings is 3. The Balaban J connectivity index is 2.05. The molecular formula is C31H39N3O5S. The second-order valence-electron chi connectivity index (χ2n) is 10.6. The van der Waals surface area contributed by atoms with Crippen LogP contribution in [0.15, 0.2) is 83.8 Å². The molecule has 1 atom stereocenters.